The smallest absolute Gasteiger partial charge is 0.338 e. The first-order valence-electron chi connectivity index (χ1n) is 5.00. The number of rotatable bonds is 4. The maximum Gasteiger partial charge on any atom is 0.338 e. The maximum absolute atomic E-state index is 12.6. The molecule has 0 unspecified atom stereocenters. The minimum atomic E-state index is -2.85. The fraction of sp³-hybridized carbons (Fsp3) is 0.364. The molecule has 7 heteroatoms. The van der Waals surface area contributed by atoms with Crippen LogP contribution in [0.25, 0.3) is 0 Å². The number of hydrogen-bond acceptors (Lipinski definition) is 4. The first-order valence-corrected chi connectivity index (χ1v) is 6.12. The third-order valence-corrected chi connectivity index (χ3v) is 2.66. The third-order valence-electron chi connectivity index (χ3n) is 2.10. The van der Waals surface area contributed by atoms with Crippen LogP contribution in [0.5, 0.6) is 0 Å². The third kappa shape index (κ3) is 3.01. The number of pyridine rings is 1. The van der Waals surface area contributed by atoms with Gasteiger partial charge in [-0.15, -0.1) is 0 Å². The van der Waals surface area contributed by atoms with E-state index in [1.807, 2.05) is 0 Å². The summed E-state index contributed by atoms with van der Waals surface area (Å²) >= 11 is 3.09. The summed E-state index contributed by atoms with van der Waals surface area (Å²) in [5.41, 5.74) is -0.622. The van der Waals surface area contributed by atoms with Gasteiger partial charge in [-0.25, -0.2) is 18.6 Å². The molecule has 0 saturated heterocycles. The fourth-order valence-corrected chi connectivity index (χ4v) is 1.89. The Balaban J connectivity index is 3.41. The van der Waals surface area contributed by atoms with Crippen LogP contribution in [0.3, 0.4) is 0 Å². The average molecular weight is 319 g/mol. The molecule has 96 valence electrons. The number of ether oxygens (including phenoxy) is 1. The second-order valence-electron chi connectivity index (χ2n) is 3.19. The SMILES string of the molecule is CCOC(=O)c1cc(C(F)F)nc(C#N)c1CBr. The molecule has 0 N–H and O–H groups in total. The molecule has 0 saturated carbocycles. The molecule has 1 rings (SSSR count). The Morgan fingerprint density at radius 1 is 1.67 bits per heavy atom. The van der Waals surface area contributed by atoms with Crippen molar-refractivity contribution in [2.24, 2.45) is 0 Å². The van der Waals surface area contributed by atoms with Gasteiger partial charge < -0.3 is 4.74 Å². The van der Waals surface area contributed by atoms with Crippen LogP contribution in [0.2, 0.25) is 0 Å². The van der Waals surface area contributed by atoms with Crippen LogP contribution in [0.1, 0.15) is 40.7 Å². The highest BCUT2D eigenvalue weighted by Gasteiger charge is 2.21. The molecule has 0 radical (unpaired) electrons. The van der Waals surface area contributed by atoms with Gasteiger partial charge in [-0.1, -0.05) is 15.9 Å². The Morgan fingerprint density at radius 2 is 2.33 bits per heavy atom. The van der Waals surface area contributed by atoms with Crippen LogP contribution < -0.4 is 0 Å². The van der Waals surface area contributed by atoms with E-state index in [2.05, 4.69) is 20.9 Å². The van der Waals surface area contributed by atoms with Gasteiger partial charge in [0.15, 0.2) is 0 Å². The Hall–Kier alpha value is -1.55. The van der Waals surface area contributed by atoms with E-state index in [0.717, 1.165) is 6.07 Å². The summed E-state index contributed by atoms with van der Waals surface area (Å²) in [6, 6.07) is 2.66. The summed E-state index contributed by atoms with van der Waals surface area (Å²) < 4.78 is 30.0. The molecule has 0 spiro atoms. The van der Waals surface area contributed by atoms with E-state index in [9.17, 15) is 13.6 Å². The van der Waals surface area contributed by atoms with Gasteiger partial charge in [0.25, 0.3) is 6.43 Å². The second kappa shape index (κ2) is 6.40. The molecule has 4 nitrogen and oxygen atoms in total. The van der Waals surface area contributed by atoms with Gasteiger partial charge in [0.1, 0.15) is 17.5 Å². The Labute approximate surface area is 111 Å². The van der Waals surface area contributed by atoms with Gasteiger partial charge in [0.05, 0.1) is 12.2 Å². The van der Waals surface area contributed by atoms with E-state index in [4.69, 9.17) is 10.00 Å². The molecule has 0 fully saturated rings. The maximum atomic E-state index is 12.6. The van der Waals surface area contributed by atoms with Crippen LogP contribution in [0, 0.1) is 11.3 Å². The monoisotopic (exact) mass is 318 g/mol. The highest BCUT2D eigenvalue weighted by molar-refractivity contribution is 9.08. The molecular weight excluding hydrogens is 310 g/mol. The van der Waals surface area contributed by atoms with Crippen molar-refractivity contribution in [1.82, 2.24) is 4.98 Å². The van der Waals surface area contributed by atoms with E-state index in [0.29, 0.717) is 0 Å². The first kappa shape index (κ1) is 14.5. The number of nitriles is 1. The van der Waals surface area contributed by atoms with Gasteiger partial charge in [0, 0.05) is 10.9 Å². The number of carbonyl (C=O) groups is 1. The van der Waals surface area contributed by atoms with Crippen molar-refractivity contribution in [3.8, 4) is 6.07 Å². The van der Waals surface area contributed by atoms with Crippen molar-refractivity contribution in [1.29, 1.82) is 5.26 Å². The molecule has 0 bridgehead atoms. The van der Waals surface area contributed by atoms with Crippen LogP contribution in [0.4, 0.5) is 8.78 Å². The van der Waals surface area contributed by atoms with Gasteiger partial charge in [-0.3, -0.25) is 0 Å². The van der Waals surface area contributed by atoms with Gasteiger partial charge >= 0.3 is 5.97 Å². The Kier molecular flexibility index (Phi) is 5.16. The van der Waals surface area contributed by atoms with Crippen molar-refractivity contribution in [3.05, 3.63) is 28.6 Å². The summed E-state index contributed by atoms with van der Waals surface area (Å²) in [5, 5.41) is 9.01. The number of halogens is 3. The minimum Gasteiger partial charge on any atom is -0.462 e. The number of nitrogens with zero attached hydrogens (tertiary/aromatic N) is 2. The van der Waals surface area contributed by atoms with Gasteiger partial charge in [-0.05, 0) is 13.0 Å². The lowest BCUT2D eigenvalue weighted by atomic mass is 10.1. The summed E-state index contributed by atoms with van der Waals surface area (Å²) in [6.07, 6.45) is -2.85. The molecule has 0 aliphatic rings. The quantitative estimate of drug-likeness (QED) is 0.632. The Bertz CT molecular complexity index is 501. The topological polar surface area (TPSA) is 63.0 Å². The van der Waals surface area contributed by atoms with Crippen LogP contribution in [0.15, 0.2) is 6.07 Å². The summed E-state index contributed by atoms with van der Waals surface area (Å²) in [6.45, 7) is 1.72. The molecule has 1 heterocycles. The zero-order valence-corrected chi connectivity index (χ0v) is 11.0. The molecule has 0 amide bonds. The molecule has 1 aromatic heterocycles. The van der Waals surface area contributed by atoms with Crippen molar-refractivity contribution >= 4 is 21.9 Å². The summed E-state index contributed by atoms with van der Waals surface area (Å²) in [7, 11) is 0. The van der Waals surface area contributed by atoms with Gasteiger partial charge in [0.2, 0.25) is 0 Å². The molecule has 1 aromatic rings. The second-order valence-corrected chi connectivity index (χ2v) is 3.75. The minimum absolute atomic E-state index is 0.0597. The first-order chi connectivity index (χ1) is 8.54. The molecule has 0 atom stereocenters. The molecule has 0 aliphatic heterocycles. The predicted molar refractivity (Wildman–Crippen MR) is 62.5 cm³/mol. The summed E-state index contributed by atoms with van der Waals surface area (Å²) in [5.74, 6) is -0.743. The molecule has 0 aromatic carbocycles. The van der Waals surface area contributed by atoms with E-state index in [1.54, 1.807) is 13.0 Å². The van der Waals surface area contributed by atoms with Crippen LogP contribution >= 0.6 is 15.9 Å². The standard InChI is InChI=1S/C11H9BrF2N2O2/c1-2-18-11(17)6-3-8(10(13)14)16-9(5-15)7(6)4-12/h3,10H,2,4H2,1H3. The fourth-order valence-electron chi connectivity index (χ4n) is 1.32. The highest BCUT2D eigenvalue weighted by atomic mass is 79.9. The zero-order chi connectivity index (χ0) is 13.7. The molecular formula is C11H9BrF2N2O2. The lowest BCUT2D eigenvalue weighted by molar-refractivity contribution is 0.0524. The van der Waals surface area contributed by atoms with E-state index >= 15 is 0 Å². The number of aromatic nitrogens is 1. The lowest BCUT2D eigenvalue weighted by Gasteiger charge is -2.10. The van der Waals surface area contributed by atoms with Crippen LogP contribution in [-0.4, -0.2) is 17.6 Å². The van der Waals surface area contributed by atoms with Gasteiger partial charge in [-0.2, -0.15) is 5.26 Å². The van der Waals surface area contributed by atoms with Crippen molar-refractivity contribution in [2.45, 2.75) is 18.7 Å². The number of alkyl halides is 3. The largest absolute Gasteiger partial charge is 0.462 e. The van der Waals surface area contributed by atoms with E-state index in [-0.39, 0.29) is 28.8 Å². The Morgan fingerprint density at radius 3 is 2.78 bits per heavy atom. The van der Waals surface area contributed by atoms with Crippen LogP contribution in [-0.2, 0) is 10.1 Å². The number of carbonyl (C=O) groups excluding carboxylic acids is 1. The van der Waals surface area contributed by atoms with Crippen molar-refractivity contribution < 1.29 is 18.3 Å². The van der Waals surface area contributed by atoms with Crippen molar-refractivity contribution in [2.75, 3.05) is 6.61 Å². The van der Waals surface area contributed by atoms with E-state index in [1.165, 1.54) is 0 Å². The van der Waals surface area contributed by atoms with E-state index < -0.39 is 18.1 Å². The van der Waals surface area contributed by atoms with Crippen molar-refractivity contribution in [3.63, 3.8) is 0 Å². The number of esters is 1. The zero-order valence-electron chi connectivity index (χ0n) is 9.41. The molecule has 0 aliphatic carbocycles. The normalized spacial score (nSPS) is 10.2. The average Bonchev–Trinajstić information content (AvgIpc) is 2.37. The highest BCUT2D eigenvalue weighted by Crippen LogP contribution is 2.24. The molecule has 18 heavy (non-hydrogen) atoms. The predicted octanol–water partition coefficient (Wildman–Crippen LogP) is 2.96. The summed E-state index contributed by atoms with van der Waals surface area (Å²) in [4.78, 5) is 15.2. The lowest BCUT2D eigenvalue weighted by Crippen LogP contribution is -2.11. The number of hydrogen-bond donors (Lipinski definition) is 0.